The molecule has 1 fully saturated rings. The predicted octanol–water partition coefficient (Wildman–Crippen LogP) is 5.52. The smallest absolute Gasteiger partial charge is 0.238 e. The van der Waals surface area contributed by atoms with Crippen molar-refractivity contribution in [1.29, 1.82) is 0 Å². The van der Waals surface area contributed by atoms with Gasteiger partial charge in [-0.25, -0.2) is 4.90 Å². The Morgan fingerprint density at radius 3 is 1.87 bits per heavy atom. The van der Waals surface area contributed by atoms with Gasteiger partial charge in [-0.15, -0.1) is 0 Å². The van der Waals surface area contributed by atoms with Crippen molar-refractivity contribution in [1.82, 2.24) is 0 Å². The molecule has 4 atom stereocenters. The highest BCUT2D eigenvalue weighted by molar-refractivity contribution is 6.23. The first-order valence-electron chi connectivity index (χ1n) is 11.1. The minimum atomic E-state index is -0.332. The van der Waals surface area contributed by atoms with Crippen LogP contribution in [0.5, 0.6) is 0 Å². The summed E-state index contributed by atoms with van der Waals surface area (Å²) in [6.07, 6.45) is 0. The Morgan fingerprint density at radius 2 is 1.26 bits per heavy atom. The third-order valence-electron chi connectivity index (χ3n) is 7.59. The number of amides is 2. The summed E-state index contributed by atoms with van der Waals surface area (Å²) >= 11 is 0. The summed E-state index contributed by atoms with van der Waals surface area (Å²) in [5.74, 6) is -0.465. The van der Waals surface area contributed by atoms with Crippen LogP contribution in [-0.4, -0.2) is 11.8 Å². The van der Waals surface area contributed by atoms with E-state index in [1.165, 1.54) is 32.7 Å². The molecular weight excluding hydrogens is 382 g/mol. The number of rotatable bonds is 2. The number of carbonyl (C=O) groups is 2. The maximum absolute atomic E-state index is 13.8. The molecule has 1 saturated heterocycles. The zero-order valence-corrected chi connectivity index (χ0v) is 18.0. The largest absolute Gasteiger partial charge is 0.274 e. The molecule has 0 spiro atoms. The van der Waals surface area contributed by atoms with Gasteiger partial charge in [0.1, 0.15) is 0 Å². The van der Waals surface area contributed by atoms with E-state index >= 15 is 0 Å². The normalized spacial score (nSPS) is 25.6. The first-order chi connectivity index (χ1) is 15.0. The van der Waals surface area contributed by atoms with Gasteiger partial charge in [-0.05, 0) is 52.3 Å². The van der Waals surface area contributed by atoms with Crippen LogP contribution < -0.4 is 4.90 Å². The molecule has 31 heavy (non-hydrogen) atoms. The highest BCUT2D eigenvalue weighted by atomic mass is 16.2. The lowest BCUT2D eigenvalue weighted by atomic mass is 9.54. The molecule has 0 aromatic heterocycles. The first kappa shape index (κ1) is 18.6. The van der Waals surface area contributed by atoms with Gasteiger partial charge in [-0.2, -0.15) is 0 Å². The molecule has 7 rings (SSSR count). The molecule has 2 bridgehead atoms. The SMILES string of the molecule is Cc1ccccc1N1C(=O)[C@@H]2[C@@H]3c4ccccc4[C@H](c4cc(C(C)C)ccc43)[C@H]2C1=O. The monoisotopic (exact) mass is 407 g/mol. The summed E-state index contributed by atoms with van der Waals surface area (Å²) in [5, 5.41) is 0. The van der Waals surface area contributed by atoms with Gasteiger partial charge >= 0.3 is 0 Å². The van der Waals surface area contributed by atoms with Crippen LogP contribution in [0, 0.1) is 18.8 Å². The molecule has 154 valence electrons. The second kappa shape index (κ2) is 6.40. The van der Waals surface area contributed by atoms with Gasteiger partial charge in [0.2, 0.25) is 11.8 Å². The number of imide groups is 1. The summed E-state index contributed by atoms with van der Waals surface area (Å²) in [7, 11) is 0. The molecule has 0 N–H and O–H groups in total. The van der Waals surface area contributed by atoms with Crippen molar-refractivity contribution in [2.24, 2.45) is 11.8 Å². The van der Waals surface area contributed by atoms with Crippen molar-refractivity contribution >= 4 is 17.5 Å². The second-order valence-electron chi connectivity index (χ2n) is 9.48. The van der Waals surface area contributed by atoms with Crippen molar-refractivity contribution in [3.8, 4) is 0 Å². The van der Waals surface area contributed by atoms with Crippen molar-refractivity contribution in [3.63, 3.8) is 0 Å². The Balaban J connectivity index is 1.58. The number of nitrogens with zero attached hydrogens (tertiary/aromatic N) is 1. The molecule has 2 amide bonds. The standard InChI is InChI=1S/C28H25NO2/c1-15(2)17-12-13-20-21(14-17)24-19-10-6-5-9-18(19)23(20)25-26(24)28(31)29(27(25)30)22-11-7-4-8-16(22)3/h4-15,23-26H,1-3H3/t23-,24-,25-,26-/m1/s1. The highest BCUT2D eigenvalue weighted by Crippen LogP contribution is 2.61. The topological polar surface area (TPSA) is 37.4 Å². The van der Waals surface area contributed by atoms with E-state index in [0.717, 1.165) is 11.3 Å². The third kappa shape index (κ3) is 2.35. The van der Waals surface area contributed by atoms with Gasteiger partial charge in [-0.1, -0.05) is 74.5 Å². The maximum atomic E-state index is 13.8. The van der Waals surface area contributed by atoms with Gasteiger partial charge in [-0.3, -0.25) is 9.59 Å². The Bertz CT molecular complexity index is 1260. The van der Waals surface area contributed by atoms with Crippen LogP contribution in [0.15, 0.2) is 66.7 Å². The van der Waals surface area contributed by atoms with Crippen LogP contribution in [-0.2, 0) is 9.59 Å². The summed E-state index contributed by atoms with van der Waals surface area (Å²) in [6, 6.07) is 22.8. The highest BCUT2D eigenvalue weighted by Gasteiger charge is 2.61. The zero-order chi connectivity index (χ0) is 21.4. The molecule has 3 aromatic rings. The number of hydrogen-bond donors (Lipinski definition) is 0. The van der Waals surface area contributed by atoms with Crippen LogP contribution in [0.1, 0.15) is 65.0 Å². The number of para-hydroxylation sites is 1. The molecule has 0 saturated carbocycles. The van der Waals surface area contributed by atoms with Gasteiger partial charge in [0.05, 0.1) is 17.5 Å². The van der Waals surface area contributed by atoms with Crippen molar-refractivity contribution < 1.29 is 9.59 Å². The molecule has 0 radical (unpaired) electrons. The van der Waals surface area contributed by atoms with Crippen LogP contribution in [0.4, 0.5) is 5.69 Å². The fourth-order valence-corrected chi connectivity index (χ4v) is 6.16. The lowest BCUT2D eigenvalue weighted by Crippen LogP contribution is -2.41. The number of aryl methyl sites for hydroxylation is 1. The van der Waals surface area contributed by atoms with Crippen LogP contribution in [0.3, 0.4) is 0 Å². The molecule has 1 heterocycles. The van der Waals surface area contributed by atoms with Gasteiger partial charge in [0, 0.05) is 11.8 Å². The van der Waals surface area contributed by atoms with Gasteiger partial charge in [0.25, 0.3) is 0 Å². The van der Waals surface area contributed by atoms with E-state index in [4.69, 9.17) is 0 Å². The average molecular weight is 408 g/mol. The number of hydrogen-bond acceptors (Lipinski definition) is 2. The van der Waals surface area contributed by atoms with Crippen LogP contribution in [0.25, 0.3) is 0 Å². The van der Waals surface area contributed by atoms with Crippen molar-refractivity contribution in [3.05, 3.63) is 100 Å². The minimum Gasteiger partial charge on any atom is -0.274 e. The fraction of sp³-hybridized carbons (Fsp3) is 0.286. The molecule has 4 aliphatic rings. The Labute approximate surface area is 182 Å². The molecule has 3 heteroatoms. The van der Waals surface area contributed by atoms with Gasteiger partial charge in [0.15, 0.2) is 0 Å². The number of carbonyl (C=O) groups excluding carboxylic acids is 2. The Morgan fingerprint density at radius 1 is 0.710 bits per heavy atom. The summed E-state index contributed by atoms with van der Waals surface area (Å²) in [5.41, 5.74) is 7.86. The number of anilines is 1. The first-order valence-corrected chi connectivity index (χ1v) is 11.1. The number of benzene rings is 3. The van der Waals surface area contributed by atoms with E-state index in [-0.39, 0.29) is 35.5 Å². The molecule has 3 aliphatic carbocycles. The summed E-state index contributed by atoms with van der Waals surface area (Å²) < 4.78 is 0. The van der Waals surface area contributed by atoms with E-state index in [2.05, 4.69) is 56.3 Å². The van der Waals surface area contributed by atoms with Crippen LogP contribution in [0.2, 0.25) is 0 Å². The average Bonchev–Trinajstić information content (AvgIpc) is 3.04. The van der Waals surface area contributed by atoms with Crippen LogP contribution >= 0.6 is 0 Å². The van der Waals surface area contributed by atoms with Gasteiger partial charge < -0.3 is 0 Å². The molecule has 3 nitrogen and oxygen atoms in total. The summed E-state index contributed by atoms with van der Waals surface area (Å²) in [4.78, 5) is 29.1. The predicted molar refractivity (Wildman–Crippen MR) is 121 cm³/mol. The lowest BCUT2D eigenvalue weighted by Gasteiger charge is -2.46. The second-order valence-corrected chi connectivity index (χ2v) is 9.48. The summed E-state index contributed by atoms with van der Waals surface area (Å²) in [6.45, 7) is 6.36. The molecule has 3 aromatic carbocycles. The molecular formula is C28H25NO2. The van der Waals surface area contributed by atoms with Crippen molar-refractivity contribution in [2.45, 2.75) is 38.5 Å². The van der Waals surface area contributed by atoms with E-state index in [1.54, 1.807) is 0 Å². The Hall–Kier alpha value is -3.20. The molecule has 0 unspecified atom stereocenters. The van der Waals surface area contributed by atoms with E-state index in [9.17, 15) is 9.59 Å². The maximum Gasteiger partial charge on any atom is 0.238 e. The quantitative estimate of drug-likeness (QED) is 0.525. The van der Waals surface area contributed by atoms with E-state index < -0.39 is 0 Å². The van der Waals surface area contributed by atoms with Crippen molar-refractivity contribution in [2.75, 3.05) is 4.90 Å². The minimum absolute atomic E-state index is 0.0468. The van der Waals surface area contributed by atoms with E-state index in [0.29, 0.717) is 5.92 Å². The fourth-order valence-electron chi connectivity index (χ4n) is 6.16. The van der Waals surface area contributed by atoms with E-state index in [1.807, 2.05) is 31.2 Å². The third-order valence-corrected chi connectivity index (χ3v) is 7.59. The molecule has 1 aliphatic heterocycles. The lowest BCUT2D eigenvalue weighted by molar-refractivity contribution is -0.122. The Kier molecular flexibility index (Phi) is 3.83. The zero-order valence-electron chi connectivity index (χ0n) is 18.0.